The van der Waals surface area contributed by atoms with Crippen LogP contribution in [0.15, 0.2) is 24.3 Å². The molecule has 1 fully saturated rings. The van der Waals surface area contributed by atoms with Crippen LogP contribution in [-0.2, 0) is 11.3 Å². The first-order valence-corrected chi connectivity index (χ1v) is 11.8. The van der Waals surface area contributed by atoms with Gasteiger partial charge in [-0.2, -0.15) is 0 Å². The topological polar surface area (TPSA) is 63.6 Å². The highest BCUT2D eigenvalue weighted by Crippen LogP contribution is 2.34. The van der Waals surface area contributed by atoms with E-state index in [0.717, 1.165) is 55.2 Å². The quantitative estimate of drug-likeness (QED) is 0.693. The number of benzene rings is 1. The second kappa shape index (κ2) is 8.93. The first kappa shape index (κ1) is 21.7. The third-order valence-electron chi connectivity index (χ3n) is 7.05. The Labute approximate surface area is 184 Å². The van der Waals surface area contributed by atoms with Gasteiger partial charge in [-0.05, 0) is 44.4 Å². The Morgan fingerprint density at radius 3 is 2.61 bits per heavy atom. The first-order valence-electron chi connectivity index (χ1n) is 11.8. The third kappa shape index (κ3) is 4.04. The number of nitrogens with zero attached hydrogens (tertiary/aromatic N) is 2. The number of carbonyl (C=O) groups is 2. The largest absolute Gasteiger partial charge is 0.497 e. The minimum absolute atomic E-state index is 0.0285. The zero-order valence-corrected chi connectivity index (χ0v) is 19.1. The number of ether oxygens (including phenoxy) is 1. The number of unbranched alkanes of at least 4 members (excludes halogenated alkanes) is 1. The van der Waals surface area contributed by atoms with Gasteiger partial charge in [-0.3, -0.25) is 9.59 Å². The van der Waals surface area contributed by atoms with Crippen LogP contribution < -0.4 is 10.1 Å². The highest BCUT2D eigenvalue weighted by atomic mass is 16.5. The molecule has 4 rings (SSSR count). The number of aromatic nitrogens is 1. The van der Waals surface area contributed by atoms with Crippen LogP contribution in [0, 0.1) is 0 Å². The summed E-state index contributed by atoms with van der Waals surface area (Å²) in [6, 6.07) is 7.99. The molecule has 1 saturated carbocycles. The molecule has 1 atom stereocenters. The molecular formula is C25H35N3O3. The molecule has 0 saturated heterocycles. The molecule has 31 heavy (non-hydrogen) atoms. The number of hydrogen-bond donors (Lipinski definition) is 1. The maximum atomic E-state index is 13.7. The van der Waals surface area contributed by atoms with Crippen molar-refractivity contribution in [1.29, 1.82) is 0 Å². The summed E-state index contributed by atoms with van der Waals surface area (Å²) >= 11 is 0. The number of amides is 2. The van der Waals surface area contributed by atoms with Crippen molar-refractivity contribution in [3.05, 3.63) is 30.0 Å². The molecule has 0 bridgehead atoms. The van der Waals surface area contributed by atoms with Crippen LogP contribution in [0.4, 0.5) is 0 Å². The van der Waals surface area contributed by atoms with E-state index in [1.54, 1.807) is 7.11 Å². The number of nitrogens with one attached hydrogen (secondary N) is 1. The zero-order valence-electron chi connectivity index (χ0n) is 19.1. The van der Waals surface area contributed by atoms with Gasteiger partial charge in [-0.25, -0.2) is 0 Å². The summed E-state index contributed by atoms with van der Waals surface area (Å²) in [6.07, 6.45) is 8.71. The van der Waals surface area contributed by atoms with Gasteiger partial charge in [-0.15, -0.1) is 0 Å². The van der Waals surface area contributed by atoms with Gasteiger partial charge >= 0.3 is 0 Å². The number of hydrogen-bond acceptors (Lipinski definition) is 3. The number of fused-ring (bicyclic) bond motifs is 3. The predicted octanol–water partition coefficient (Wildman–Crippen LogP) is 4.50. The van der Waals surface area contributed by atoms with Crippen LogP contribution in [0.2, 0.25) is 0 Å². The summed E-state index contributed by atoms with van der Waals surface area (Å²) in [4.78, 5) is 29.1. The maximum absolute atomic E-state index is 13.7. The molecule has 6 heteroatoms. The molecule has 1 aromatic carbocycles. The van der Waals surface area contributed by atoms with Gasteiger partial charge in [0.05, 0.1) is 19.2 Å². The summed E-state index contributed by atoms with van der Waals surface area (Å²) in [5.41, 5.74) is 0.672. The molecular weight excluding hydrogens is 390 g/mol. The second-order valence-electron chi connectivity index (χ2n) is 9.29. The van der Waals surface area contributed by atoms with E-state index in [0.29, 0.717) is 18.8 Å². The van der Waals surface area contributed by atoms with E-state index in [-0.39, 0.29) is 17.9 Å². The summed E-state index contributed by atoms with van der Waals surface area (Å²) in [6.45, 7) is 5.09. The van der Waals surface area contributed by atoms with Crippen LogP contribution in [0.25, 0.3) is 10.9 Å². The van der Waals surface area contributed by atoms with Crippen LogP contribution in [0.5, 0.6) is 5.75 Å². The van der Waals surface area contributed by atoms with Crippen molar-refractivity contribution < 1.29 is 14.3 Å². The molecule has 1 unspecified atom stereocenters. The number of methoxy groups -OCH3 is 1. The lowest BCUT2D eigenvalue weighted by Crippen LogP contribution is -2.65. The molecule has 2 aromatic rings. The Morgan fingerprint density at radius 2 is 1.94 bits per heavy atom. The number of rotatable bonds is 6. The second-order valence-corrected chi connectivity index (χ2v) is 9.29. The fourth-order valence-electron chi connectivity index (χ4n) is 5.09. The molecule has 2 amide bonds. The van der Waals surface area contributed by atoms with Gasteiger partial charge < -0.3 is 19.5 Å². The van der Waals surface area contributed by atoms with Crippen molar-refractivity contribution in [2.24, 2.45) is 0 Å². The van der Waals surface area contributed by atoms with Crippen molar-refractivity contribution >= 4 is 22.7 Å². The lowest BCUT2D eigenvalue weighted by molar-refractivity contribution is -0.133. The average Bonchev–Trinajstić information content (AvgIpc) is 2.93. The molecule has 1 N–H and O–H groups in total. The van der Waals surface area contributed by atoms with Crippen molar-refractivity contribution in [2.75, 3.05) is 13.7 Å². The van der Waals surface area contributed by atoms with E-state index in [9.17, 15) is 9.59 Å². The summed E-state index contributed by atoms with van der Waals surface area (Å²) in [7, 11) is 1.64. The molecule has 2 aliphatic rings. The SMILES string of the molecule is CCCCN1C(=O)c2cc3ccc(OC)cc3n2CC1(C)C(=O)NC1CCCCCC1. The van der Waals surface area contributed by atoms with Crippen molar-refractivity contribution in [3.8, 4) is 5.75 Å². The van der Waals surface area contributed by atoms with Gasteiger partial charge in [0.15, 0.2) is 0 Å². The molecule has 1 aromatic heterocycles. The fourth-order valence-corrected chi connectivity index (χ4v) is 5.09. The van der Waals surface area contributed by atoms with Crippen LogP contribution in [-0.4, -0.2) is 46.5 Å². The van der Waals surface area contributed by atoms with E-state index in [1.807, 2.05) is 40.7 Å². The predicted molar refractivity (Wildman–Crippen MR) is 122 cm³/mol. The van der Waals surface area contributed by atoms with Gasteiger partial charge in [0, 0.05) is 24.0 Å². The summed E-state index contributed by atoms with van der Waals surface area (Å²) in [5, 5.41) is 4.31. The minimum Gasteiger partial charge on any atom is -0.497 e. The molecule has 168 valence electrons. The Bertz CT molecular complexity index is 958. The van der Waals surface area contributed by atoms with Gasteiger partial charge in [-0.1, -0.05) is 39.0 Å². The molecule has 0 radical (unpaired) electrons. The zero-order chi connectivity index (χ0) is 22.0. The minimum atomic E-state index is -0.916. The Morgan fingerprint density at radius 1 is 1.19 bits per heavy atom. The molecule has 1 aliphatic heterocycles. The smallest absolute Gasteiger partial charge is 0.271 e. The monoisotopic (exact) mass is 425 g/mol. The van der Waals surface area contributed by atoms with Crippen LogP contribution in [0.1, 0.15) is 75.7 Å². The number of carbonyl (C=O) groups excluding carboxylic acids is 2. The Hall–Kier alpha value is -2.50. The summed E-state index contributed by atoms with van der Waals surface area (Å²) in [5.74, 6) is 0.659. The van der Waals surface area contributed by atoms with Crippen molar-refractivity contribution in [2.45, 2.75) is 83.3 Å². The summed E-state index contributed by atoms with van der Waals surface area (Å²) < 4.78 is 7.42. The highest BCUT2D eigenvalue weighted by Gasteiger charge is 2.47. The lowest BCUT2D eigenvalue weighted by atomic mass is 9.93. The maximum Gasteiger partial charge on any atom is 0.271 e. The average molecular weight is 426 g/mol. The van der Waals surface area contributed by atoms with E-state index >= 15 is 0 Å². The first-order chi connectivity index (χ1) is 15.0. The van der Waals surface area contributed by atoms with Gasteiger partial charge in [0.2, 0.25) is 5.91 Å². The standard InChI is InChI=1S/C25H35N3O3/c1-4-5-14-28-23(29)22-15-18-12-13-20(31-3)16-21(18)27(22)17-25(28,2)24(30)26-19-10-8-6-7-9-11-19/h12-13,15-16,19H,4-11,14,17H2,1-3H3,(H,26,30). The fraction of sp³-hybridized carbons (Fsp3) is 0.600. The molecule has 0 spiro atoms. The molecule has 2 heterocycles. The van der Waals surface area contributed by atoms with E-state index in [2.05, 4.69) is 12.2 Å². The van der Waals surface area contributed by atoms with Crippen LogP contribution >= 0.6 is 0 Å². The van der Waals surface area contributed by atoms with Crippen molar-refractivity contribution in [1.82, 2.24) is 14.8 Å². The third-order valence-corrected chi connectivity index (χ3v) is 7.05. The Kier molecular flexibility index (Phi) is 6.26. The van der Waals surface area contributed by atoms with E-state index in [4.69, 9.17) is 4.74 Å². The molecule has 6 nitrogen and oxygen atoms in total. The van der Waals surface area contributed by atoms with Gasteiger partial charge in [0.1, 0.15) is 17.0 Å². The van der Waals surface area contributed by atoms with Crippen molar-refractivity contribution in [3.63, 3.8) is 0 Å². The highest BCUT2D eigenvalue weighted by molar-refractivity contribution is 6.03. The lowest BCUT2D eigenvalue weighted by Gasteiger charge is -2.44. The molecule has 1 aliphatic carbocycles. The Balaban J connectivity index is 1.71. The van der Waals surface area contributed by atoms with Gasteiger partial charge in [0.25, 0.3) is 5.91 Å². The normalized spacial score (nSPS) is 22.3. The van der Waals surface area contributed by atoms with E-state index in [1.165, 1.54) is 12.8 Å². The van der Waals surface area contributed by atoms with E-state index < -0.39 is 5.54 Å². The van der Waals surface area contributed by atoms with Crippen LogP contribution in [0.3, 0.4) is 0 Å².